The van der Waals surface area contributed by atoms with Crippen molar-refractivity contribution in [2.24, 2.45) is 5.41 Å². The van der Waals surface area contributed by atoms with Gasteiger partial charge >= 0.3 is 6.18 Å². The molecule has 2 heterocycles. The van der Waals surface area contributed by atoms with Crippen molar-refractivity contribution < 1.29 is 32.2 Å². The van der Waals surface area contributed by atoms with Gasteiger partial charge in [0.25, 0.3) is 0 Å². The average Bonchev–Trinajstić information content (AvgIpc) is 3.52. The molecular weight excluding hydrogens is 447 g/mol. The summed E-state index contributed by atoms with van der Waals surface area (Å²) in [5, 5.41) is 0. The number of rotatable bonds is 6. The molecule has 3 aliphatic rings. The molecule has 5 rings (SSSR count). The summed E-state index contributed by atoms with van der Waals surface area (Å²) < 4.78 is 57.3. The molecule has 0 N–H and O–H groups in total. The molecular formula is C26H28F3NO4. The van der Waals surface area contributed by atoms with Crippen molar-refractivity contribution in [2.75, 3.05) is 25.2 Å². The lowest BCUT2D eigenvalue weighted by Crippen LogP contribution is -2.39. The predicted molar refractivity (Wildman–Crippen MR) is 120 cm³/mol. The second-order valence-corrected chi connectivity index (χ2v) is 9.63. The molecule has 0 unspecified atom stereocenters. The standard InChI is InChI=1S/C26H28F3NO4/c1-32-21-8-2-18(3-9-21)16-33-22(26(27,28)29)19-4-6-20(7-5-19)30-15-14-24(23(30)31)10-12-25(13-11-24)17-34-25/h2-9,22H,10-17H2,1H3/t22-,24-,25-/m1/s1. The van der Waals surface area contributed by atoms with Gasteiger partial charge in [-0.15, -0.1) is 0 Å². The molecule has 5 nitrogen and oxygen atoms in total. The van der Waals surface area contributed by atoms with Crippen LogP contribution in [0.15, 0.2) is 48.5 Å². The first kappa shape index (κ1) is 23.2. The number of anilines is 1. The van der Waals surface area contributed by atoms with Crippen LogP contribution in [0.3, 0.4) is 0 Å². The van der Waals surface area contributed by atoms with Crippen molar-refractivity contribution >= 4 is 11.6 Å². The Balaban J connectivity index is 1.27. The minimum Gasteiger partial charge on any atom is -0.497 e. The quantitative estimate of drug-likeness (QED) is 0.512. The van der Waals surface area contributed by atoms with Crippen LogP contribution in [0.1, 0.15) is 49.3 Å². The van der Waals surface area contributed by atoms with Crippen LogP contribution in [0.25, 0.3) is 0 Å². The third-order valence-electron chi connectivity index (χ3n) is 7.56. The monoisotopic (exact) mass is 475 g/mol. The van der Waals surface area contributed by atoms with E-state index < -0.39 is 12.3 Å². The highest BCUT2D eigenvalue weighted by atomic mass is 19.4. The number of amides is 1. The normalized spacial score (nSPS) is 27.4. The molecule has 0 aromatic heterocycles. The van der Waals surface area contributed by atoms with Crippen molar-refractivity contribution in [3.63, 3.8) is 0 Å². The molecule has 0 radical (unpaired) electrons. The van der Waals surface area contributed by atoms with E-state index in [-0.39, 0.29) is 29.1 Å². The summed E-state index contributed by atoms with van der Waals surface area (Å²) in [6, 6.07) is 12.7. The van der Waals surface area contributed by atoms with E-state index in [9.17, 15) is 18.0 Å². The van der Waals surface area contributed by atoms with E-state index in [1.807, 2.05) is 0 Å². The molecule has 1 aliphatic carbocycles. The van der Waals surface area contributed by atoms with E-state index in [4.69, 9.17) is 14.2 Å². The molecule has 2 aromatic rings. The lowest BCUT2D eigenvalue weighted by Gasteiger charge is -2.34. The van der Waals surface area contributed by atoms with Crippen molar-refractivity contribution in [3.05, 3.63) is 59.7 Å². The molecule has 0 bridgehead atoms. The molecule has 2 aliphatic heterocycles. The van der Waals surface area contributed by atoms with Gasteiger partial charge in [-0.05, 0) is 67.5 Å². The third kappa shape index (κ3) is 4.41. The summed E-state index contributed by atoms with van der Waals surface area (Å²) in [5.41, 5.74) is 0.914. The van der Waals surface area contributed by atoms with Gasteiger partial charge < -0.3 is 19.1 Å². The Bertz CT molecular complexity index is 1020. The fourth-order valence-electron chi connectivity index (χ4n) is 5.22. The Morgan fingerprint density at radius 3 is 2.21 bits per heavy atom. The lowest BCUT2D eigenvalue weighted by molar-refractivity contribution is -0.227. The van der Waals surface area contributed by atoms with Gasteiger partial charge in [0.1, 0.15) is 5.75 Å². The highest BCUT2D eigenvalue weighted by molar-refractivity contribution is 6.00. The third-order valence-corrected chi connectivity index (χ3v) is 7.56. The number of hydrogen-bond acceptors (Lipinski definition) is 4. The number of methoxy groups -OCH3 is 1. The Morgan fingerprint density at radius 1 is 1.00 bits per heavy atom. The molecule has 34 heavy (non-hydrogen) atoms. The van der Waals surface area contributed by atoms with Gasteiger partial charge in [0, 0.05) is 12.2 Å². The number of carbonyl (C=O) groups is 1. The van der Waals surface area contributed by atoms with Gasteiger partial charge in [0.15, 0.2) is 6.10 Å². The Morgan fingerprint density at radius 2 is 1.65 bits per heavy atom. The van der Waals surface area contributed by atoms with E-state index in [0.717, 1.165) is 38.7 Å². The lowest BCUT2D eigenvalue weighted by atomic mass is 9.69. The van der Waals surface area contributed by atoms with Crippen LogP contribution in [0, 0.1) is 5.41 Å². The van der Waals surface area contributed by atoms with E-state index >= 15 is 0 Å². The maximum absolute atomic E-state index is 13.8. The zero-order valence-electron chi connectivity index (χ0n) is 19.1. The first-order valence-corrected chi connectivity index (χ1v) is 11.6. The fraction of sp³-hybridized carbons (Fsp3) is 0.500. The topological polar surface area (TPSA) is 51.3 Å². The number of hydrogen-bond donors (Lipinski definition) is 0. The van der Waals surface area contributed by atoms with Crippen LogP contribution in [0.2, 0.25) is 0 Å². The molecule has 2 saturated heterocycles. The van der Waals surface area contributed by atoms with E-state index in [0.29, 0.717) is 23.5 Å². The van der Waals surface area contributed by atoms with Crippen LogP contribution in [-0.2, 0) is 20.9 Å². The first-order chi connectivity index (χ1) is 16.2. The van der Waals surface area contributed by atoms with E-state index in [1.54, 1.807) is 41.3 Å². The summed E-state index contributed by atoms with van der Waals surface area (Å²) in [4.78, 5) is 15.0. The van der Waals surface area contributed by atoms with Crippen molar-refractivity contribution in [1.82, 2.24) is 0 Å². The van der Waals surface area contributed by atoms with Gasteiger partial charge in [-0.2, -0.15) is 13.2 Å². The number of epoxide rings is 1. The molecule has 1 amide bonds. The zero-order valence-corrected chi connectivity index (χ0v) is 19.1. The summed E-state index contributed by atoms with van der Waals surface area (Å²) in [5.74, 6) is 0.706. The van der Waals surface area contributed by atoms with Crippen LogP contribution < -0.4 is 9.64 Å². The second-order valence-electron chi connectivity index (χ2n) is 9.63. The summed E-state index contributed by atoms with van der Waals surface area (Å²) in [6.45, 7) is 1.19. The molecule has 182 valence electrons. The average molecular weight is 476 g/mol. The SMILES string of the molecule is COc1ccc(CO[C@H](c2ccc(N3CC[C@]4(CC[C@@]5(CC4)CO5)C3=O)cc2)C(F)(F)F)cc1. The molecule has 2 spiro atoms. The fourth-order valence-corrected chi connectivity index (χ4v) is 5.22. The minimum atomic E-state index is -4.57. The number of halogens is 3. The van der Waals surface area contributed by atoms with Gasteiger partial charge in [-0.25, -0.2) is 0 Å². The van der Waals surface area contributed by atoms with Gasteiger partial charge in [-0.1, -0.05) is 24.3 Å². The van der Waals surface area contributed by atoms with Crippen LogP contribution in [0.4, 0.5) is 18.9 Å². The van der Waals surface area contributed by atoms with E-state index in [2.05, 4.69) is 0 Å². The maximum atomic E-state index is 13.8. The Labute approximate surface area is 196 Å². The van der Waals surface area contributed by atoms with Crippen molar-refractivity contribution in [3.8, 4) is 5.75 Å². The molecule has 3 fully saturated rings. The number of benzene rings is 2. The predicted octanol–water partition coefficient (Wildman–Crippen LogP) is 5.58. The minimum absolute atomic E-state index is 0.0108. The molecule has 2 aromatic carbocycles. The Kier molecular flexibility index (Phi) is 5.84. The summed E-state index contributed by atoms with van der Waals surface area (Å²) >= 11 is 0. The molecule has 1 saturated carbocycles. The van der Waals surface area contributed by atoms with Gasteiger partial charge in [-0.3, -0.25) is 4.79 Å². The Hall–Kier alpha value is -2.58. The molecule has 8 heteroatoms. The number of alkyl halides is 3. The summed E-state index contributed by atoms with van der Waals surface area (Å²) in [7, 11) is 1.53. The largest absolute Gasteiger partial charge is 0.497 e. The van der Waals surface area contributed by atoms with Crippen LogP contribution >= 0.6 is 0 Å². The maximum Gasteiger partial charge on any atom is 0.418 e. The highest BCUT2D eigenvalue weighted by Gasteiger charge is 2.56. The molecule has 1 atom stereocenters. The van der Waals surface area contributed by atoms with E-state index in [1.165, 1.54) is 19.2 Å². The second kappa shape index (κ2) is 8.57. The van der Waals surface area contributed by atoms with Crippen LogP contribution in [0.5, 0.6) is 5.75 Å². The van der Waals surface area contributed by atoms with Gasteiger partial charge in [0.2, 0.25) is 5.91 Å². The highest BCUT2D eigenvalue weighted by Crippen LogP contribution is 2.53. The zero-order chi connectivity index (χ0) is 24.0. The first-order valence-electron chi connectivity index (χ1n) is 11.6. The van der Waals surface area contributed by atoms with Crippen LogP contribution in [-0.4, -0.2) is 37.9 Å². The van der Waals surface area contributed by atoms with Crippen molar-refractivity contribution in [1.29, 1.82) is 0 Å². The number of nitrogens with zero attached hydrogens (tertiary/aromatic N) is 1. The number of carbonyl (C=O) groups excluding carboxylic acids is 1. The summed E-state index contributed by atoms with van der Waals surface area (Å²) in [6.07, 6.45) is -2.40. The number of ether oxygens (including phenoxy) is 3. The van der Waals surface area contributed by atoms with Gasteiger partial charge in [0.05, 0.1) is 31.3 Å². The van der Waals surface area contributed by atoms with Crippen molar-refractivity contribution in [2.45, 2.75) is 56.6 Å². The smallest absolute Gasteiger partial charge is 0.418 e.